The molecular formula is C59H43P. The van der Waals surface area contributed by atoms with Gasteiger partial charge in [-0.1, -0.05) is 224 Å². The Morgan fingerprint density at radius 3 is 0.967 bits per heavy atom. The number of hydrogen-bond acceptors (Lipinski definition) is 0. The van der Waals surface area contributed by atoms with Gasteiger partial charge in [-0.15, -0.1) is 0 Å². The molecule has 60 heavy (non-hydrogen) atoms. The van der Waals surface area contributed by atoms with Crippen LogP contribution in [0.5, 0.6) is 0 Å². The van der Waals surface area contributed by atoms with E-state index >= 15 is 0 Å². The first kappa shape index (κ1) is 37.1. The highest BCUT2D eigenvalue weighted by Gasteiger charge is 2.36. The lowest BCUT2D eigenvalue weighted by Gasteiger charge is -2.38. The lowest BCUT2D eigenvalue weighted by atomic mass is 9.97. The fraction of sp³-hybridized carbons (Fsp3) is 0. The van der Waals surface area contributed by atoms with Crippen molar-refractivity contribution < 1.29 is 0 Å². The molecule has 0 aromatic heterocycles. The second-order valence-electron chi connectivity index (χ2n) is 15.3. The van der Waals surface area contributed by atoms with Crippen molar-refractivity contribution in [1.82, 2.24) is 0 Å². The summed E-state index contributed by atoms with van der Waals surface area (Å²) in [4.78, 5) is 0. The minimum absolute atomic E-state index is 1.19. The van der Waals surface area contributed by atoms with Gasteiger partial charge in [0.1, 0.15) is 0 Å². The maximum Gasteiger partial charge on any atom is -0.00761 e. The third kappa shape index (κ3) is 7.13. The molecule has 1 aliphatic rings. The first-order chi connectivity index (χ1) is 29.7. The van der Waals surface area contributed by atoms with Gasteiger partial charge in [-0.2, -0.15) is 0 Å². The van der Waals surface area contributed by atoms with Gasteiger partial charge in [-0.25, -0.2) is 0 Å². The van der Waals surface area contributed by atoms with E-state index in [0.717, 1.165) is 0 Å². The van der Waals surface area contributed by atoms with Gasteiger partial charge in [-0.3, -0.25) is 0 Å². The maximum absolute atomic E-state index is 2.73. The van der Waals surface area contributed by atoms with Gasteiger partial charge < -0.3 is 0 Å². The summed E-state index contributed by atoms with van der Waals surface area (Å²) < 4.78 is 0. The van der Waals surface area contributed by atoms with Gasteiger partial charge in [0.15, 0.2) is 0 Å². The van der Waals surface area contributed by atoms with Gasteiger partial charge in [0.25, 0.3) is 0 Å². The zero-order valence-electron chi connectivity index (χ0n) is 33.3. The summed E-state index contributed by atoms with van der Waals surface area (Å²) in [5, 5.41) is 5.29. The molecule has 9 aromatic carbocycles. The molecule has 0 aliphatic carbocycles. The van der Waals surface area contributed by atoms with Gasteiger partial charge in [0.2, 0.25) is 0 Å². The number of hydrogen-bond donors (Lipinski definition) is 0. The van der Waals surface area contributed by atoms with Crippen LogP contribution in [0.1, 0.15) is 16.7 Å². The van der Waals surface area contributed by atoms with Crippen molar-refractivity contribution in [2.75, 3.05) is 0 Å². The summed E-state index contributed by atoms with van der Waals surface area (Å²) in [7, 11) is 0. The monoisotopic (exact) mass is 782 g/mol. The Morgan fingerprint density at radius 1 is 0.217 bits per heavy atom. The molecule has 10 rings (SSSR count). The first-order valence-electron chi connectivity index (χ1n) is 20.6. The molecule has 284 valence electrons. The summed E-state index contributed by atoms with van der Waals surface area (Å²) in [6.45, 7) is -2.73. The van der Waals surface area contributed by atoms with E-state index in [4.69, 9.17) is 0 Å². The van der Waals surface area contributed by atoms with Crippen LogP contribution >= 0.6 is 6.89 Å². The normalized spacial score (nSPS) is 13.3. The average molecular weight is 783 g/mol. The second-order valence-corrected chi connectivity index (χ2v) is 18.6. The molecule has 0 fully saturated rings. The van der Waals surface area contributed by atoms with Gasteiger partial charge in [0.05, 0.1) is 0 Å². The summed E-state index contributed by atoms with van der Waals surface area (Å²) in [6, 6.07) is 91.4. The Labute approximate surface area is 354 Å². The van der Waals surface area contributed by atoms with Crippen LogP contribution in [0.15, 0.2) is 261 Å². The predicted molar refractivity (Wildman–Crippen MR) is 260 cm³/mol. The van der Waals surface area contributed by atoms with Crippen molar-refractivity contribution in [3.63, 3.8) is 0 Å². The lowest BCUT2D eigenvalue weighted by Crippen LogP contribution is -2.25. The van der Waals surface area contributed by atoms with Crippen molar-refractivity contribution >= 4 is 33.7 Å². The summed E-state index contributed by atoms with van der Waals surface area (Å²) >= 11 is 0. The van der Waals surface area contributed by atoms with E-state index in [9.17, 15) is 0 Å². The molecule has 0 saturated heterocycles. The molecule has 0 nitrogen and oxygen atoms in total. The highest BCUT2D eigenvalue weighted by atomic mass is 31.2. The van der Waals surface area contributed by atoms with Crippen LogP contribution in [0.4, 0.5) is 0 Å². The molecule has 0 amide bonds. The van der Waals surface area contributed by atoms with Crippen molar-refractivity contribution in [3.05, 3.63) is 278 Å². The number of allylic oxidation sites excluding steroid dienone is 3. The molecule has 0 atom stereocenters. The van der Waals surface area contributed by atoms with E-state index in [0.29, 0.717) is 0 Å². The van der Waals surface area contributed by atoms with Crippen molar-refractivity contribution in [2.45, 2.75) is 0 Å². The minimum Gasteiger partial charge on any atom is -0.0622 e. The van der Waals surface area contributed by atoms with Crippen LogP contribution in [0.25, 0.3) is 55.4 Å². The SMILES string of the molecule is C1=C(c2ccccc2)C=C(c2cccc(-c3ccccc3)c2)P(c2cccc(-c3ccccc3)c2)(c2cccc(-c3ccccc3)c2)=C1c1cccc(-c2ccccc2)c1. The van der Waals surface area contributed by atoms with E-state index in [1.807, 2.05) is 0 Å². The first-order valence-corrected chi connectivity index (χ1v) is 22.4. The van der Waals surface area contributed by atoms with Crippen LogP contribution in [-0.4, -0.2) is 5.29 Å². The Kier molecular flexibility index (Phi) is 10.2. The van der Waals surface area contributed by atoms with Crippen LogP contribution in [-0.2, 0) is 0 Å². The van der Waals surface area contributed by atoms with Gasteiger partial charge in [-0.05, 0) is 131 Å². The Bertz CT molecular complexity index is 2960. The Morgan fingerprint density at radius 2 is 0.533 bits per heavy atom. The highest BCUT2D eigenvalue weighted by Crippen LogP contribution is 2.63. The molecule has 0 N–H and O–H groups in total. The largest absolute Gasteiger partial charge is 0.0622 e. The topological polar surface area (TPSA) is 0 Å². The molecule has 0 bridgehead atoms. The highest BCUT2D eigenvalue weighted by molar-refractivity contribution is 7.98. The lowest BCUT2D eigenvalue weighted by molar-refractivity contribution is 1.58. The van der Waals surface area contributed by atoms with E-state index < -0.39 is 6.89 Å². The van der Waals surface area contributed by atoms with Crippen LogP contribution in [0.2, 0.25) is 0 Å². The molecule has 0 saturated carbocycles. The van der Waals surface area contributed by atoms with E-state index in [1.54, 1.807) is 0 Å². The molecule has 1 heterocycles. The second kappa shape index (κ2) is 16.6. The van der Waals surface area contributed by atoms with Crippen molar-refractivity contribution in [2.24, 2.45) is 0 Å². The molecule has 1 aliphatic heterocycles. The quantitative estimate of drug-likeness (QED) is 0.128. The molecule has 0 spiro atoms. The fourth-order valence-corrected chi connectivity index (χ4v) is 13.4. The van der Waals surface area contributed by atoms with Gasteiger partial charge >= 0.3 is 0 Å². The van der Waals surface area contributed by atoms with E-state index in [-0.39, 0.29) is 0 Å². The van der Waals surface area contributed by atoms with Gasteiger partial charge in [0, 0.05) is 0 Å². The van der Waals surface area contributed by atoms with Crippen molar-refractivity contribution in [3.8, 4) is 44.5 Å². The maximum atomic E-state index is 2.52. The third-order valence-electron chi connectivity index (χ3n) is 11.6. The van der Waals surface area contributed by atoms with Crippen LogP contribution in [0.3, 0.4) is 0 Å². The van der Waals surface area contributed by atoms with E-state index in [1.165, 1.54) is 88.0 Å². The minimum atomic E-state index is -2.73. The summed E-state index contributed by atoms with van der Waals surface area (Å²) in [5.74, 6) is 0. The molecule has 9 aromatic rings. The summed E-state index contributed by atoms with van der Waals surface area (Å²) in [6.07, 6.45) is 5.03. The zero-order valence-corrected chi connectivity index (χ0v) is 34.2. The average Bonchev–Trinajstić information content (AvgIpc) is 3.35. The summed E-state index contributed by atoms with van der Waals surface area (Å²) in [5.41, 5.74) is 14.5. The number of benzene rings is 9. The smallest absolute Gasteiger partial charge is 0.00761 e. The van der Waals surface area contributed by atoms with E-state index in [2.05, 4.69) is 261 Å². The van der Waals surface area contributed by atoms with Crippen LogP contribution < -0.4 is 10.6 Å². The standard InChI is InChI=1S/C59H43P/c1-6-20-44(21-7-1)49-30-16-34-53(38-49)58-42-55(48-28-14-5-15-29-48)43-59(54-35-17-31-50(39-54)45-22-8-2-9-23-45)60(58,56-36-18-32-51(40-56)46-24-10-3-11-25-46)57-37-19-33-52(41-57)47-26-12-4-13-27-47/h1-43H. The number of rotatable bonds is 9. The fourth-order valence-electron chi connectivity index (χ4n) is 8.74. The third-order valence-corrected chi connectivity index (χ3v) is 16.0. The molecule has 1 heteroatoms. The van der Waals surface area contributed by atoms with Crippen LogP contribution in [0, 0.1) is 0 Å². The zero-order chi connectivity index (χ0) is 40.1. The Hall–Kier alpha value is -7.24. The molecule has 0 radical (unpaired) electrons. The van der Waals surface area contributed by atoms with Crippen molar-refractivity contribution in [1.29, 1.82) is 0 Å². The predicted octanol–water partition coefficient (Wildman–Crippen LogP) is 14.7. The molecule has 0 unspecified atom stereocenters. The molecular weight excluding hydrogens is 740 g/mol. The Balaban J connectivity index is 1.38.